The molecule has 0 saturated heterocycles. The SMILES string of the molecule is CC(Cc1ccncc1)NC1(CO)CC1. The van der Waals surface area contributed by atoms with Crippen LogP contribution in [0.15, 0.2) is 24.5 Å². The molecule has 0 radical (unpaired) electrons. The number of hydrogen-bond acceptors (Lipinski definition) is 3. The second kappa shape index (κ2) is 4.29. The minimum atomic E-state index is 0.0342. The van der Waals surface area contributed by atoms with Crippen LogP contribution in [0.25, 0.3) is 0 Å². The largest absolute Gasteiger partial charge is 0.394 e. The Labute approximate surface area is 90.5 Å². The van der Waals surface area contributed by atoms with E-state index in [1.807, 2.05) is 24.5 Å². The summed E-state index contributed by atoms with van der Waals surface area (Å²) in [5.41, 5.74) is 1.32. The Balaban J connectivity index is 1.85. The van der Waals surface area contributed by atoms with Crippen molar-refractivity contribution in [3.8, 4) is 0 Å². The number of nitrogens with zero attached hydrogens (tertiary/aromatic N) is 1. The average molecular weight is 206 g/mol. The summed E-state index contributed by atoms with van der Waals surface area (Å²) < 4.78 is 0. The molecule has 0 aliphatic heterocycles. The van der Waals surface area contributed by atoms with Gasteiger partial charge in [-0.2, -0.15) is 0 Å². The van der Waals surface area contributed by atoms with Crippen LogP contribution in [0.5, 0.6) is 0 Å². The van der Waals surface area contributed by atoms with Crippen LogP contribution in [0, 0.1) is 0 Å². The topological polar surface area (TPSA) is 45.2 Å². The second-order valence-electron chi connectivity index (χ2n) is 4.54. The number of hydrogen-bond donors (Lipinski definition) is 2. The molecule has 3 nitrogen and oxygen atoms in total. The van der Waals surface area contributed by atoms with Gasteiger partial charge in [-0.1, -0.05) is 0 Å². The van der Waals surface area contributed by atoms with E-state index in [1.165, 1.54) is 5.56 Å². The molecule has 0 amide bonds. The summed E-state index contributed by atoms with van der Waals surface area (Å²) in [6.45, 7) is 2.42. The van der Waals surface area contributed by atoms with Gasteiger partial charge < -0.3 is 10.4 Å². The third kappa shape index (κ3) is 2.76. The molecule has 2 N–H and O–H groups in total. The number of aromatic nitrogens is 1. The van der Waals surface area contributed by atoms with Gasteiger partial charge in [0.25, 0.3) is 0 Å². The van der Waals surface area contributed by atoms with Crippen molar-refractivity contribution in [1.82, 2.24) is 10.3 Å². The Morgan fingerprint density at radius 2 is 2.13 bits per heavy atom. The van der Waals surface area contributed by atoms with Crippen molar-refractivity contribution in [3.63, 3.8) is 0 Å². The lowest BCUT2D eigenvalue weighted by atomic mass is 10.1. The second-order valence-corrected chi connectivity index (χ2v) is 4.54. The fraction of sp³-hybridized carbons (Fsp3) is 0.583. The smallest absolute Gasteiger partial charge is 0.0613 e. The summed E-state index contributed by atoms with van der Waals surface area (Å²) in [4.78, 5) is 4.00. The Morgan fingerprint density at radius 1 is 1.47 bits per heavy atom. The highest BCUT2D eigenvalue weighted by Gasteiger charge is 2.42. The highest BCUT2D eigenvalue weighted by molar-refractivity contribution is 5.12. The molecule has 0 spiro atoms. The number of aliphatic hydroxyl groups is 1. The van der Waals surface area contributed by atoms with Gasteiger partial charge in [0, 0.05) is 24.0 Å². The van der Waals surface area contributed by atoms with Crippen LogP contribution < -0.4 is 5.32 Å². The van der Waals surface area contributed by atoms with Gasteiger partial charge in [0.15, 0.2) is 0 Å². The zero-order valence-corrected chi connectivity index (χ0v) is 9.11. The van der Waals surface area contributed by atoms with Gasteiger partial charge in [-0.15, -0.1) is 0 Å². The molecule has 1 unspecified atom stereocenters. The molecular weight excluding hydrogens is 188 g/mol. The summed E-state index contributed by atoms with van der Waals surface area (Å²) in [5.74, 6) is 0. The van der Waals surface area contributed by atoms with Crippen LogP contribution in [-0.2, 0) is 6.42 Å². The first kappa shape index (κ1) is 10.6. The van der Waals surface area contributed by atoms with Crippen molar-refractivity contribution in [3.05, 3.63) is 30.1 Å². The van der Waals surface area contributed by atoms with Crippen LogP contribution in [0.3, 0.4) is 0 Å². The summed E-state index contributed by atoms with van der Waals surface area (Å²) in [5, 5.41) is 12.7. The first-order valence-electron chi connectivity index (χ1n) is 5.52. The van der Waals surface area contributed by atoms with Crippen LogP contribution in [-0.4, -0.2) is 28.3 Å². The standard InChI is InChI=1S/C12H18N2O/c1-10(14-12(9-15)4-5-12)8-11-2-6-13-7-3-11/h2-3,6-7,10,14-15H,4-5,8-9H2,1H3. The lowest BCUT2D eigenvalue weighted by molar-refractivity contribution is 0.220. The van der Waals surface area contributed by atoms with Gasteiger partial charge in [0.05, 0.1) is 6.61 Å². The Bertz CT molecular complexity index is 309. The zero-order valence-electron chi connectivity index (χ0n) is 9.11. The Hall–Kier alpha value is -0.930. The molecule has 1 atom stereocenters. The predicted molar refractivity (Wildman–Crippen MR) is 59.6 cm³/mol. The van der Waals surface area contributed by atoms with Crippen LogP contribution in [0.2, 0.25) is 0 Å². The lowest BCUT2D eigenvalue weighted by Gasteiger charge is -2.20. The van der Waals surface area contributed by atoms with E-state index in [0.717, 1.165) is 19.3 Å². The van der Waals surface area contributed by atoms with Crippen molar-refractivity contribution in [1.29, 1.82) is 0 Å². The Kier molecular flexibility index (Phi) is 3.03. The van der Waals surface area contributed by atoms with E-state index in [1.54, 1.807) is 0 Å². The van der Waals surface area contributed by atoms with Crippen molar-refractivity contribution in [2.45, 2.75) is 37.8 Å². The highest BCUT2D eigenvalue weighted by atomic mass is 16.3. The van der Waals surface area contributed by atoms with Crippen molar-refractivity contribution in [2.75, 3.05) is 6.61 Å². The van der Waals surface area contributed by atoms with Crippen LogP contribution in [0.4, 0.5) is 0 Å². The maximum Gasteiger partial charge on any atom is 0.0613 e. The van der Waals surface area contributed by atoms with Crippen LogP contribution in [0.1, 0.15) is 25.3 Å². The fourth-order valence-corrected chi connectivity index (χ4v) is 1.95. The zero-order chi connectivity index (χ0) is 10.7. The quantitative estimate of drug-likeness (QED) is 0.759. The van der Waals surface area contributed by atoms with E-state index in [-0.39, 0.29) is 12.1 Å². The van der Waals surface area contributed by atoms with Gasteiger partial charge >= 0.3 is 0 Å². The minimum absolute atomic E-state index is 0.0342. The summed E-state index contributed by atoms with van der Waals surface area (Å²) in [6.07, 6.45) is 6.83. The number of nitrogens with one attached hydrogen (secondary N) is 1. The van der Waals surface area contributed by atoms with Crippen LogP contribution >= 0.6 is 0 Å². The molecular formula is C12H18N2O. The maximum absolute atomic E-state index is 9.20. The van der Waals surface area contributed by atoms with Gasteiger partial charge in [-0.25, -0.2) is 0 Å². The van der Waals surface area contributed by atoms with E-state index in [4.69, 9.17) is 0 Å². The molecule has 0 aromatic carbocycles. The van der Waals surface area contributed by atoms with Crippen molar-refractivity contribution < 1.29 is 5.11 Å². The summed E-state index contributed by atoms with van der Waals surface area (Å²) in [7, 11) is 0. The maximum atomic E-state index is 9.20. The first-order chi connectivity index (χ1) is 7.24. The van der Waals surface area contributed by atoms with Gasteiger partial charge in [0.1, 0.15) is 0 Å². The van der Waals surface area contributed by atoms with Crippen molar-refractivity contribution >= 4 is 0 Å². The molecule has 82 valence electrons. The molecule has 1 aliphatic carbocycles. The Morgan fingerprint density at radius 3 is 2.67 bits per heavy atom. The monoisotopic (exact) mass is 206 g/mol. The van der Waals surface area contributed by atoms with E-state index in [9.17, 15) is 5.11 Å². The van der Waals surface area contributed by atoms with Gasteiger partial charge in [0.2, 0.25) is 0 Å². The average Bonchev–Trinajstić information content (AvgIpc) is 3.00. The summed E-state index contributed by atoms with van der Waals surface area (Å²) in [6, 6.07) is 4.48. The molecule has 15 heavy (non-hydrogen) atoms. The molecule has 1 heterocycles. The number of rotatable bonds is 5. The molecule has 1 aliphatic rings. The minimum Gasteiger partial charge on any atom is -0.394 e. The van der Waals surface area contributed by atoms with Crippen molar-refractivity contribution in [2.24, 2.45) is 0 Å². The van der Waals surface area contributed by atoms with Gasteiger partial charge in [-0.3, -0.25) is 4.98 Å². The highest BCUT2D eigenvalue weighted by Crippen LogP contribution is 2.35. The normalized spacial score (nSPS) is 19.9. The summed E-state index contributed by atoms with van der Waals surface area (Å²) >= 11 is 0. The third-order valence-corrected chi connectivity index (χ3v) is 3.00. The molecule has 2 rings (SSSR count). The molecule has 0 bridgehead atoms. The fourth-order valence-electron chi connectivity index (χ4n) is 1.95. The van der Waals surface area contributed by atoms with E-state index >= 15 is 0 Å². The molecule has 3 heteroatoms. The molecule has 1 aromatic rings. The third-order valence-electron chi connectivity index (χ3n) is 3.00. The van der Waals surface area contributed by atoms with E-state index < -0.39 is 0 Å². The van der Waals surface area contributed by atoms with E-state index in [0.29, 0.717) is 6.04 Å². The predicted octanol–water partition coefficient (Wildman–Crippen LogP) is 1.13. The molecule has 1 aromatic heterocycles. The number of aliphatic hydroxyl groups excluding tert-OH is 1. The molecule has 1 saturated carbocycles. The molecule has 1 fully saturated rings. The number of pyridine rings is 1. The van der Waals surface area contributed by atoms with Gasteiger partial charge in [-0.05, 0) is 43.9 Å². The van der Waals surface area contributed by atoms with E-state index in [2.05, 4.69) is 17.2 Å². The first-order valence-corrected chi connectivity index (χ1v) is 5.52. The lowest BCUT2D eigenvalue weighted by Crippen LogP contribution is -2.42.